The highest BCUT2D eigenvalue weighted by Gasteiger charge is 2.50. The Morgan fingerprint density at radius 3 is 2.56 bits per heavy atom. The first-order chi connectivity index (χ1) is 35.2. The molecule has 73 heavy (non-hydrogen) atoms. The van der Waals surface area contributed by atoms with Gasteiger partial charge in [0.25, 0.3) is 5.91 Å². The minimum Gasteiger partial charge on any atom is -0.464 e. The Bertz CT molecular complexity index is 2570. The molecule has 2 N–H and O–H groups in total. The van der Waals surface area contributed by atoms with Gasteiger partial charge in [-0.25, -0.2) is 10.4 Å². The standard InChI is InChI=1S/C56H80N8O8S/c1-34-35(2)47(34)52(65)59-49-51(62(7)22-26-68-8)53-58-45(32-73-53)38-14-15-46-41(28-38)43(30-56(4,5)33-72-55(67)44-13-11-20-64(60-44)54(49)66)50(63(46)23-27-71-40-17-24-70-25-18-40)42-29-39(31-57-48(42)36(3)69-9)37-12-10-19-61(6)21-16-37/h14-15,28-29,31-32,34-37,40,44,47,49,51,60H,10-13,16-27,30,33H2,1-9H3,(H,59,65)/t34-,35+,36-,37+,44-,47?,49?,51-/m0/s1. The number of fused-ring (bicyclic) bond motifs is 6. The quantitative estimate of drug-likeness (QED) is 0.119. The average Bonchev–Trinajstić information content (AvgIpc) is 3.65. The third kappa shape index (κ3) is 11.9. The lowest BCUT2D eigenvalue weighted by atomic mass is 9.83. The number of carbonyl (C=O) groups is 3. The Morgan fingerprint density at radius 1 is 1.03 bits per heavy atom. The Morgan fingerprint density at radius 2 is 1.81 bits per heavy atom. The molecule has 1 saturated carbocycles. The SMILES string of the molecule is COCCN(C)[C@@H]1c2nc(cs2)-c2ccc3c(c2)c(c(-c2cc([C@@H]4CCCN(C)CC4)cnc2[C@H](C)OC)n3CCOC2CCOCC2)CC(C)(C)COC(=O)[C@@H]2CCCN(N2)C(=O)C1NC(=O)C1[C@@H](C)[C@H]1C. The Kier molecular flexibility index (Phi) is 17.1. The van der Waals surface area contributed by atoms with Crippen LogP contribution >= 0.6 is 11.3 Å². The van der Waals surface area contributed by atoms with E-state index in [9.17, 15) is 9.59 Å². The van der Waals surface area contributed by atoms with Crippen molar-refractivity contribution in [2.75, 3.05) is 87.5 Å². The monoisotopic (exact) mass is 1020 g/mol. The summed E-state index contributed by atoms with van der Waals surface area (Å²) in [7, 11) is 7.56. The molecule has 4 fully saturated rings. The molecule has 1 aliphatic carbocycles. The highest BCUT2D eigenvalue weighted by Crippen LogP contribution is 2.47. The molecule has 4 aromatic rings. The largest absolute Gasteiger partial charge is 0.464 e. The lowest BCUT2D eigenvalue weighted by molar-refractivity contribution is -0.156. The van der Waals surface area contributed by atoms with Crippen LogP contribution in [-0.4, -0.2) is 153 Å². The lowest BCUT2D eigenvalue weighted by Crippen LogP contribution is -2.62. The van der Waals surface area contributed by atoms with Crippen molar-refractivity contribution >= 4 is 40.0 Å². The van der Waals surface area contributed by atoms with Gasteiger partial charge in [0.15, 0.2) is 0 Å². The molecule has 2 amide bonds. The molecule has 4 aliphatic heterocycles. The van der Waals surface area contributed by atoms with E-state index in [1.807, 2.05) is 7.05 Å². The van der Waals surface area contributed by atoms with Crippen LogP contribution in [0.4, 0.5) is 0 Å². The van der Waals surface area contributed by atoms with Gasteiger partial charge in [0.1, 0.15) is 17.1 Å². The number of ether oxygens (including phenoxy) is 5. The molecule has 9 rings (SSSR count). The van der Waals surface area contributed by atoms with Crippen LogP contribution in [0.15, 0.2) is 35.8 Å². The van der Waals surface area contributed by atoms with Gasteiger partial charge >= 0.3 is 5.97 Å². The van der Waals surface area contributed by atoms with Gasteiger partial charge in [-0.1, -0.05) is 33.8 Å². The number of cyclic esters (lactones) is 1. The third-order valence-electron chi connectivity index (χ3n) is 16.6. The number of aromatic nitrogens is 3. The maximum atomic E-state index is 15.1. The van der Waals surface area contributed by atoms with E-state index in [1.54, 1.807) is 14.2 Å². The summed E-state index contributed by atoms with van der Waals surface area (Å²) >= 11 is 1.48. The number of pyridine rings is 1. The Balaban J connectivity index is 1.23. The number of thiazole rings is 1. The molecule has 2 unspecified atom stereocenters. The van der Waals surface area contributed by atoms with E-state index in [4.69, 9.17) is 33.7 Å². The molecule has 398 valence electrons. The van der Waals surface area contributed by atoms with Crippen LogP contribution in [-0.2, 0) is 51.0 Å². The van der Waals surface area contributed by atoms with Gasteiger partial charge in [-0.2, -0.15) is 0 Å². The summed E-state index contributed by atoms with van der Waals surface area (Å²) in [6, 6.07) is 6.58. The minimum absolute atomic E-state index is 0.128. The first-order valence-electron chi connectivity index (χ1n) is 26.9. The first-order valence-corrected chi connectivity index (χ1v) is 27.8. The molecular weight excluding hydrogens is 945 g/mol. The second-order valence-electron chi connectivity index (χ2n) is 22.4. The molecule has 17 heteroatoms. The zero-order chi connectivity index (χ0) is 51.6. The van der Waals surface area contributed by atoms with Crippen molar-refractivity contribution in [3.8, 4) is 22.5 Å². The average molecular weight is 1030 g/mol. The van der Waals surface area contributed by atoms with Crippen molar-refractivity contribution in [1.82, 2.24) is 40.1 Å². The number of hydrazine groups is 1. The van der Waals surface area contributed by atoms with Crippen LogP contribution < -0.4 is 10.7 Å². The summed E-state index contributed by atoms with van der Waals surface area (Å²) in [5.74, 6) is -0.322. The van der Waals surface area contributed by atoms with E-state index < -0.39 is 29.5 Å². The van der Waals surface area contributed by atoms with Gasteiger partial charge < -0.3 is 38.5 Å². The predicted molar refractivity (Wildman–Crippen MR) is 283 cm³/mol. The summed E-state index contributed by atoms with van der Waals surface area (Å²) < 4.78 is 32.8. The maximum Gasteiger partial charge on any atom is 0.324 e. The highest BCUT2D eigenvalue weighted by atomic mass is 32.1. The molecule has 16 nitrogen and oxygen atoms in total. The van der Waals surface area contributed by atoms with Crippen LogP contribution in [0.1, 0.15) is 119 Å². The third-order valence-corrected chi connectivity index (χ3v) is 17.5. The van der Waals surface area contributed by atoms with E-state index >= 15 is 4.79 Å². The van der Waals surface area contributed by atoms with Gasteiger partial charge in [0.2, 0.25) is 5.91 Å². The molecule has 8 atom stereocenters. The highest BCUT2D eigenvalue weighted by molar-refractivity contribution is 7.10. The minimum atomic E-state index is -1.02. The predicted octanol–water partition coefficient (Wildman–Crippen LogP) is 7.56. The van der Waals surface area contributed by atoms with E-state index in [0.717, 1.165) is 89.9 Å². The van der Waals surface area contributed by atoms with Gasteiger partial charge in [-0.3, -0.25) is 29.3 Å². The van der Waals surface area contributed by atoms with Crippen molar-refractivity contribution in [1.29, 1.82) is 0 Å². The number of amides is 2. The Hall–Kier alpha value is -4.33. The number of rotatable bonds is 14. The second kappa shape index (κ2) is 23.3. The molecule has 6 bridgehead atoms. The van der Waals surface area contributed by atoms with E-state index in [2.05, 4.69) is 103 Å². The number of hydrogen-bond acceptors (Lipinski definition) is 14. The number of methoxy groups -OCH3 is 2. The fourth-order valence-electron chi connectivity index (χ4n) is 11.7. The van der Waals surface area contributed by atoms with Gasteiger partial charge in [-0.15, -0.1) is 11.3 Å². The summed E-state index contributed by atoms with van der Waals surface area (Å²) in [4.78, 5) is 58.7. The zero-order valence-corrected chi connectivity index (χ0v) is 45.6. The van der Waals surface area contributed by atoms with Crippen LogP contribution in [0.25, 0.3) is 33.4 Å². The lowest BCUT2D eigenvalue weighted by Gasteiger charge is -2.39. The van der Waals surface area contributed by atoms with Gasteiger partial charge in [0, 0.05) is 92.0 Å². The number of nitrogens with one attached hydrogen (secondary N) is 2. The summed E-state index contributed by atoms with van der Waals surface area (Å²) in [6.45, 7) is 16.5. The number of benzene rings is 1. The number of esters is 1. The Labute approximate surface area is 436 Å². The number of carbonyl (C=O) groups excluding carboxylic acids is 3. The van der Waals surface area contributed by atoms with Crippen LogP contribution in [0.2, 0.25) is 0 Å². The number of hydrogen-bond donors (Lipinski definition) is 2. The number of likely N-dealkylation sites (tertiary alicyclic amines) is 1. The number of nitrogens with zero attached hydrogens (tertiary/aromatic N) is 6. The fourth-order valence-corrected chi connectivity index (χ4v) is 12.8. The van der Waals surface area contributed by atoms with E-state index in [0.29, 0.717) is 76.2 Å². The molecule has 0 spiro atoms. The summed E-state index contributed by atoms with van der Waals surface area (Å²) in [5, 5.41) is 8.58. The number of likely N-dealkylation sites (N-methyl/N-ethyl adjacent to an activating group) is 1. The molecule has 1 aromatic carbocycles. The molecule has 3 aromatic heterocycles. The fraction of sp³-hybridized carbons (Fsp3) is 0.661. The van der Waals surface area contributed by atoms with Crippen molar-refractivity contribution in [3.63, 3.8) is 0 Å². The maximum absolute atomic E-state index is 15.1. The van der Waals surface area contributed by atoms with Crippen LogP contribution in [0, 0.1) is 23.2 Å². The zero-order valence-electron chi connectivity index (χ0n) is 44.7. The van der Waals surface area contributed by atoms with Crippen molar-refractivity contribution in [2.45, 2.75) is 129 Å². The summed E-state index contributed by atoms with van der Waals surface area (Å²) in [6.07, 6.45) is 8.57. The van der Waals surface area contributed by atoms with Gasteiger partial charge in [0.05, 0.1) is 55.2 Å². The van der Waals surface area contributed by atoms with Crippen molar-refractivity contribution in [2.24, 2.45) is 23.2 Å². The molecular formula is C56H80N8O8S. The van der Waals surface area contributed by atoms with E-state index in [1.165, 1.54) is 21.9 Å². The summed E-state index contributed by atoms with van der Waals surface area (Å²) in [5.41, 5.74) is 10.8. The topological polar surface area (TPSA) is 162 Å². The molecule has 7 heterocycles. The van der Waals surface area contributed by atoms with Crippen molar-refractivity contribution < 1.29 is 38.1 Å². The van der Waals surface area contributed by atoms with Crippen LogP contribution in [0.3, 0.4) is 0 Å². The smallest absolute Gasteiger partial charge is 0.324 e. The molecule has 5 aliphatic rings. The normalized spacial score (nSPS) is 26.9. The van der Waals surface area contributed by atoms with Gasteiger partial charge in [-0.05, 0) is 133 Å². The van der Waals surface area contributed by atoms with E-state index in [-0.39, 0.29) is 48.4 Å². The second-order valence-corrected chi connectivity index (χ2v) is 23.3. The molecule has 3 saturated heterocycles. The van der Waals surface area contributed by atoms with Crippen LogP contribution in [0.5, 0.6) is 0 Å². The molecule has 0 radical (unpaired) electrons. The van der Waals surface area contributed by atoms with Crippen molar-refractivity contribution in [3.05, 3.63) is 57.7 Å². The first kappa shape index (κ1) is 53.5.